The Hall–Kier alpha value is -0.670. The van der Waals surface area contributed by atoms with Crippen molar-refractivity contribution >= 4 is 27.0 Å². The molecule has 1 heterocycles. The van der Waals surface area contributed by atoms with Crippen LogP contribution in [0.2, 0.25) is 0 Å². The fourth-order valence-electron chi connectivity index (χ4n) is 1.70. The van der Waals surface area contributed by atoms with E-state index in [-0.39, 0.29) is 4.21 Å². The predicted molar refractivity (Wildman–Crippen MR) is 82.5 cm³/mol. The standard InChI is InChI=1S/C12H23N3O3S2/c1-14(2)5-4-6-15(7-8-18-3)20(16,17)12-9-11(13)10-19-12/h9-10H,4-8,13H2,1-3H3. The van der Waals surface area contributed by atoms with Gasteiger partial charge in [-0.1, -0.05) is 0 Å². The van der Waals surface area contributed by atoms with Crippen LogP contribution in [0.25, 0.3) is 0 Å². The number of sulfonamides is 1. The van der Waals surface area contributed by atoms with Crippen molar-refractivity contribution in [3.05, 3.63) is 11.4 Å². The minimum absolute atomic E-state index is 0.288. The van der Waals surface area contributed by atoms with Crippen LogP contribution in [-0.2, 0) is 14.8 Å². The second kappa shape index (κ2) is 7.94. The Labute approximate surface area is 125 Å². The predicted octanol–water partition coefficient (Wildman–Crippen LogP) is 0.919. The molecule has 0 aliphatic heterocycles. The third-order valence-corrected chi connectivity index (χ3v) is 6.08. The van der Waals surface area contributed by atoms with Gasteiger partial charge >= 0.3 is 0 Å². The second-order valence-electron chi connectivity index (χ2n) is 4.75. The summed E-state index contributed by atoms with van der Waals surface area (Å²) in [5, 5.41) is 1.64. The first-order valence-electron chi connectivity index (χ1n) is 6.35. The van der Waals surface area contributed by atoms with Gasteiger partial charge in [0.05, 0.1) is 6.61 Å². The average molecular weight is 321 g/mol. The zero-order valence-electron chi connectivity index (χ0n) is 12.2. The van der Waals surface area contributed by atoms with E-state index in [9.17, 15) is 8.42 Å². The van der Waals surface area contributed by atoms with Crippen LogP contribution in [0.5, 0.6) is 0 Å². The van der Waals surface area contributed by atoms with Gasteiger partial charge < -0.3 is 15.4 Å². The fourth-order valence-corrected chi connectivity index (χ4v) is 4.40. The summed E-state index contributed by atoms with van der Waals surface area (Å²) in [5.41, 5.74) is 6.09. The number of nitrogens with zero attached hydrogens (tertiary/aromatic N) is 2. The highest BCUT2D eigenvalue weighted by Crippen LogP contribution is 2.25. The van der Waals surface area contributed by atoms with Crippen molar-refractivity contribution in [2.75, 3.05) is 53.2 Å². The maximum absolute atomic E-state index is 12.5. The fraction of sp³-hybridized carbons (Fsp3) is 0.667. The largest absolute Gasteiger partial charge is 0.398 e. The molecule has 0 saturated heterocycles. The summed E-state index contributed by atoms with van der Waals surface area (Å²) in [6.45, 7) is 2.04. The summed E-state index contributed by atoms with van der Waals surface area (Å²) in [6, 6.07) is 1.51. The van der Waals surface area contributed by atoms with Crippen LogP contribution in [0.1, 0.15) is 6.42 Å². The Bertz CT molecular complexity index is 500. The molecular weight excluding hydrogens is 298 g/mol. The minimum atomic E-state index is -3.48. The molecule has 0 radical (unpaired) electrons. The molecule has 116 valence electrons. The zero-order valence-corrected chi connectivity index (χ0v) is 13.8. The van der Waals surface area contributed by atoms with Crippen molar-refractivity contribution in [1.29, 1.82) is 0 Å². The molecule has 0 bridgehead atoms. The minimum Gasteiger partial charge on any atom is -0.398 e. The summed E-state index contributed by atoms with van der Waals surface area (Å²) >= 11 is 1.15. The van der Waals surface area contributed by atoms with Crippen molar-refractivity contribution in [3.63, 3.8) is 0 Å². The van der Waals surface area contributed by atoms with Gasteiger partial charge in [-0.25, -0.2) is 8.42 Å². The summed E-state index contributed by atoms with van der Waals surface area (Å²) in [5.74, 6) is 0. The van der Waals surface area contributed by atoms with Crippen LogP contribution in [0.4, 0.5) is 5.69 Å². The van der Waals surface area contributed by atoms with Gasteiger partial charge in [-0.15, -0.1) is 11.3 Å². The number of nitrogens with two attached hydrogens (primary N) is 1. The molecule has 0 aliphatic carbocycles. The molecule has 6 nitrogen and oxygen atoms in total. The van der Waals surface area contributed by atoms with Gasteiger partial charge in [0.15, 0.2) is 0 Å². The number of ether oxygens (including phenoxy) is 1. The van der Waals surface area contributed by atoms with E-state index >= 15 is 0 Å². The first-order valence-corrected chi connectivity index (χ1v) is 8.67. The third kappa shape index (κ3) is 5.02. The van der Waals surface area contributed by atoms with E-state index in [1.807, 2.05) is 19.0 Å². The average Bonchev–Trinajstić information content (AvgIpc) is 2.80. The number of nitrogen functional groups attached to an aromatic ring is 1. The lowest BCUT2D eigenvalue weighted by Gasteiger charge is -2.21. The molecule has 1 aromatic rings. The molecule has 0 amide bonds. The molecule has 1 aromatic heterocycles. The van der Waals surface area contributed by atoms with Crippen LogP contribution in [0.15, 0.2) is 15.7 Å². The summed E-state index contributed by atoms with van der Waals surface area (Å²) < 4.78 is 31.8. The Morgan fingerprint density at radius 1 is 1.30 bits per heavy atom. The van der Waals surface area contributed by atoms with Crippen LogP contribution < -0.4 is 5.73 Å². The first-order chi connectivity index (χ1) is 9.37. The smallest absolute Gasteiger partial charge is 0.252 e. The summed E-state index contributed by atoms with van der Waals surface area (Å²) in [7, 11) is 2.02. The van der Waals surface area contributed by atoms with E-state index in [2.05, 4.69) is 0 Å². The van der Waals surface area contributed by atoms with Gasteiger partial charge in [-0.05, 0) is 33.1 Å². The number of hydrogen-bond donors (Lipinski definition) is 1. The Kier molecular flexibility index (Phi) is 6.90. The normalized spacial score (nSPS) is 12.4. The molecule has 0 fully saturated rings. The van der Waals surface area contributed by atoms with Crippen molar-refractivity contribution in [1.82, 2.24) is 9.21 Å². The van der Waals surface area contributed by atoms with Gasteiger partial charge in [0.2, 0.25) is 0 Å². The van der Waals surface area contributed by atoms with E-state index in [1.54, 1.807) is 12.5 Å². The molecule has 8 heteroatoms. The van der Waals surface area contributed by atoms with E-state index < -0.39 is 10.0 Å². The highest BCUT2D eigenvalue weighted by Gasteiger charge is 2.25. The van der Waals surface area contributed by atoms with Gasteiger partial charge in [-0.3, -0.25) is 0 Å². The number of hydrogen-bond acceptors (Lipinski definition) is 6. The van der Waals surface area contributed by atoms with Gasteiger partial charge in [0.1, 0.15) is 4.21 Å². The topological polar surface area (TPSA) is 75.9 Å². The van der Waals surface area contributed by atoms with Crippen LogP contribution in [0.3, 0.4) is 0 Å². The van der Waals surface area contributed by atoms with Crippen molar-refractivity contribution in [2.45, 2.75) is 10.6 Å². The molecule has 0 atom stereocenters. The lowest BCUT2D eigenvalue weighted by Crippen LogP contribution is -2.35. The number of anilines is 1. The third-order valence-electron chi connectivity index (χ3n) is 2.75. The zero-order chi connectivity index (χ0) is 15.2. The summed E-state index contributed by atoms with van der Waals surface area (Å²) in [6.07, 6.45) is 0.775. The van der Waals surface area contributed by atoms with Crippen molar-refractivity contribution in [2.24, 2.45) is 0 Å². The molecule has 2 N–H and O–H groups in total. The Morgan fingerprint density at radius 2 is 2.00 bits per heavy atom. The SMILES string of the molecule is COCCN(CCCN(C)C)S(=O)(=O)c1cc(N)cs1. The number of thiophene rings is 1. The van der Waals surface area contributed by atoms with Gasteiger partial charge in [0, 0.05) is 31.3 Å². The number of rotatable bonds is 9. The van der Waals surface area contributed by atoms with E-state index in [4.69, 9.17) is 10.5 Å². The van der Waals surface area contributed by atoms with Crippen LogP contribution in [0, 0.1) is 0 Å². The van der Waals surface area contributed by atoms with E-state index in [0.29, 0.717) is 25.4 Å². The Morgan fingerprint density at radius 3 is 2.50 bits per heavy atom. The molecular formula is C12H23N3O3S2. The molecule has 0 aliphatic rings. The first kappa shape index (κ1) is 17.4. The van der Waals surface area contributed by atoms with Gasteiger partial charge in [-0.2, -0.15) is 4.31 Å². The molecule has 0 unspecified atom stereocenters. The van der Waals surface area contributed by atoms with Crippen molar-refractivity contribution in [3.8, 4) is 0 Å². The van der Waals surface area contributed by atoms with Gasteiger partial charge in [0.25, 0.3) is 10.0 Å². The molecule has 0 aromatic carbocycles. The maximum atomic E-state index is 12.5. The lowest BCUT2D eigenvalue weighted by atomic mass is 10.4. The molecule has 20 heavy (non-hydrogen) atoms. The highest BCUT2D eigenvalue weighted by atomic mass is 32.2. The van der Waals surface area contributed by atoms with E-state index in [1.165, 1.54) is 10.4 Å². The molecule has 0 saturated carbocycles. The second-order valence-corrected chi connectivity index (χ2v) is 7.83. The van der Waals surface area contributed by atoms with Crippen molar-refractivity contribution < 1.29 is 13.2 Å². The number of methoxy groups -OCH3 is 1. The van der Waals surface area contributed by atoms with Crippen LogP contribution in [-0.4, -0.2) is 65.1 Å². The maximum Gasteiger partial charge on any atom is 0.252 e. The highest BCUT2D eigenvalue weighted by molar-refractivity contribution is 7.91. The summed E-state index contributed by atoms with van der Waals surface area (Å²) in [4.78, 5) is 2.03. The Balaban J connectivity index is 2.80. The lowest BCUT2D eigenvalue weighted by molar-refractivity contribution is 0.177. The molecule has 0 spiro atoms. The van der Waals surface area contributed by atoms with Crippen LogP contribution >= 0.6 is 11.3 Å². The molecule has 1 rings (SSSR count). The monoisotopic (exact) mass is 321 g/mol. The quantitative estimate of drug-likeness (QED) is 0.732. The van der Waals surface area contributed by atoms with E-state index in [0.717, 1.165) is 24.3 Å².